The summed E-state index contributed by atoms with van der Waals surface area (Å²) in [5.74, 6) is -0.184. The Balaban J connectivity index is 2.23. The largest absolute Gasteiger partial charge is 0.459 e. The van der Waals surface area contributed by atoms with Crippen LogP contribution in [-0.2, 0) is 4.74 Å². The molecule has 0 fully saturated rings. The van der Waals surface area contributed by atoms with E-state index in [0.717, 1.165) is 22.3 Å². The van der Waals surface area contributed by atoms with Crippen molar-refractivity contribution in [3.05, 3.63) is 64.7 Å². The smallest absolute Gasteiger partial charge is 0.339 e. The average molecular weight is 342 g/mol. The van der Waals surface area contributed by atoms with Gasteiger partial charge in [0.15, 0.2) is 0 Å². The topological polar surface area (TPSA) is 73.9 Å². The maximum absolute atomic E-state index is 12.8. The Kier molecular flexibility index (Phi) is 4.61. The van der Waals surface area contributed by atoms with E-state index >= 15 is 0 Å². The lowest BCUT2D eigenvalue weighted by Gasteiger charge is -2.18. The van der Waals surface area contributed by atoms with Crippen molar-refractivity contribution in [3.8, 4) is 23.3 Å². The van der Waals surface area contributed by atoms with E-state index in [1.165, 1.54) is 0 Å². The number of nitrogens with zero attached hydrogens (tertiary/aromatic N) is 2. The van der Waals surface area contributed by atoms with Gasteiger partial charge in [-0.15, -0.1) is 0 Å². The normalized spacial score (nSPS) is 12.6. The summed E-state index contributed by atoms with van der Waals surface area (Å²) >= 11 is 0. The van der Waals surface area contributed by atoms with Crippen LogP contribution >= 0.6 is 0 Å². The number of fused-ring (bicyclic) bond motifs is 3. The van der Waals surface area contributed by atoms with Crippen molar-refractivity contribution < 1.29 is 9.53 Å². The molecule has 0 spiro atoms. The van der Waals surface area contributed by atoms with E-state index < -0.39 is 5.97 Å². The summed E-state index contributed by atoms with van der Waals surface area (Å²) in [5.41, 5.74) is 4.14. The fourth-order valence-corrected chi connectivity index (χ4v) is 3.06. The predicted octanol–water partition coefficient (Wildman–Crippen LogP) is 4.72. The molecule has 0 radical (unpaired) electrons. The first-order chi connectivity index (χ1) is 12.5. The van der Waals surface area contributed by atoms with Crippen LogP contribution in [0, 0.1) is 28.6 Å². The predicted molar refractivity (Wildman–Crippen MR) is 98.8 cm³/mol. The summed E-state index contributed by atoms with van der Waals surface area (Å²) in [6, 6.07) is 16.8. The number of ether oxygens (including phenoxy) is 1. The van der Waals surface area contributed by atoms with E-state index in [-0.39, 0.29) is 17.6 Å². The van der Waals surface area contributed by atoms with Crippen molar-refractivity contribution in [2.24, 2.45) is 5.92 Å². The molecular weight excluding hydrogens is 324 g/mol. The van der Waals surface area contributed by atoms with Gasteiger partial charge in [0.05, 0.1) is 5.56 Å². The van der Waals surface area contributed by atoms with Crippen LogP contribution in [-0.4, -0.2) is 12.1 Å². The molecule has 0 aliphatic heterocycles. The zero-order chi connectivity index (χ0) is 18.8. The molecule has 2 aromatic carbocycles. The summed E-state index contributed by atoms with van der Waals surface area (Å²) in [4.78, 5) is 12.8. The molecule has 0 bridgehead atoms. The maximum Gasteiger partial charge on any atom is 0.339 e. The summed E-state index contributed by atoms with van der Waals surface area (Å²) in [7, 11) is 0. The highest BCUT2D eigenvalue weighted by molar-refractivity contribution is 6.10. The first-order valence-corrected chi connectivity index (χ1v) is 8.48. The van der Waals surface area contributed by atoms with Crippen molar-refractivity contribution in [1.82, 2.24) is 0 Å². The average Bonchev–Trinajstić information content (AvgIpc) is 2.97. The molecule has 26 heavy (non-hydrogen) atoms. The Morgan fingerprint density at radius 2 is 1.54 bits per heavy atom. The van der Waals surface area contributed by atoms with Crippen molar-refractivity contribution >= 4 is 11.5 Å². The SMILES string of the molecule is CC(C)C(C)OC(=O)c1cccc2c1-c1ccccc1C2=C(C#N)C#N. The minimum atomic E-state index is -0.394. The van der Waals surface area contributed by atoms with Gasteiger partial charge in [-0.1, -0.05) is 50.2 Å². The molecule has 0 saturated heterocycles. The van der Waals surface area contributed by atoms with Gasteiger partial charge in [-0.3, -0.25) is 0 Å². The van der Waals surface area contributed by atoms with Crippen molar-refractivity contribution in [3.63, 3.8) is 0 Å². The van der Waals surface area contributed by atoms with Gasteiger partial charge < -0.3 is 4.74 Å². The van der Waals surface area contributed by atoms with Crippen LogP contribution in [0.5, 0.6) is 0 Å². The number of hydrogen-bond acceptors (Lipinski definition) is 4. The third-order valence-electron chi connectivity index (χ3n) is 4.72. The number of nitriles is 2. The first kappa shape index (κ1) is 17.5. The molecule has 0 amide bonds. The van der Waals surface area contributed by atoms with Crippen molar-refractivity contribution in [1.29, 1.82) is 10.5 Å². The molecule has 3 rings (SSSR count). The van der Waals surface area contributed by atoms with Gasteiger partial charge in [0.1, 0.15) is 23.8 Å². The Morgan fingerprint density at radius 1 is 0.923 bits per heavy atom. The molecule has 4 heteroatoms. The Morgan fingerprint density at radius 3 is 2.15 bits per heavy atom. The van der Waals surface area contributed by atoms with Gasteiger partial charge in [0, 0.05) is 11.1 Å². The van der Waals surface area contributed by atoms with Crippen molar-refractivity contribution in [2.45, 2.75) is 26.9 Å². The van der Waals surface area contributed by atoms with E-state index in [2.05, 4.69) is 0 Å². The first-order valence-electron chi connectivity index (χ1n) is 8.48. The number of esters is 1. The van der Waals surface area contributed by atoms with Gasteiger partial charge in [0.25, 0.3) is 0 Å². The van der Waals surface area contributed by atoms with E-state index in [1.54, 1.807) is 12.1 Å². The van der Waals surface area contributed by atoms with Crippen LogP contribution in [0.3, 0.4) is 0 Å². The van der Waals surface area contributed by atoms with Crippen LogP contribution in [0.2, 0.25) is 0 Å². The second-order valence-electron chi connectivity index (χ2n) is 6.60. The molecule has 0 heterocycles. The lowest BCUT2D eigenvalue weighted by molar-refractivity contribution is 0.0239. The fraction of sp³-hybridized carbons (Fsp3) is 0.227. The summed E-state index contributed by atoms with van der Waals surface area (Å²) < 4.78 is 5.60. The van der Waals surface area contributed by atoms with Gasteiger partial charge in [0.2, 0.25) is 0 Å². The summed E-state index contributed by atoms with van der Waals surface area (Å²) in [6.45, 7) is 5.86. The zero-order valence-corrected chi connectivity index (χ0v) is 14.9. The molecule has 2 aromatic rings. The van der Waals surface area contributed by atoms with Crippen molar-refractivity contribution in [2.75, 3.05) is 0 Å². The third kappa shape index (κ3) is 2.76. The van der Waals surface area contributed by atoms with Gasteiger partial charge >= 0.3 is 5.97 Å². The van der Waals surface area contributed by atoms with Crippen LogP contribution < -0.4 is 0 Å². The summed E-state index contributed by atoms with van der Waals surface area (Å²) in [5, 5.41) is 18.7. The second-order valence-corrected chi connectivity index (χ2v) is 6.60. The molecule has 1 aliphatic rings. The highest BCUT2D eigenvalue weighted by atomic mass is 16.5. The Labute approximate surface area is 153 Å². The maximum atomic E-state index is 12.8. The van der Waals surface area contributed by atoms with Gasteiger partial charge in [-0.2, -0.15) is 10.5 Å². The van der Waals surface area contributed by atoms with Crippen LogP contribution in [0.15, 0.2) is 48.0 Å². The zero-order valence-electron chi connectivity index (χ0n) is 14.9. The Bertz CT molecular complexity index is 988. The molecule has 4 nitrogen and oxygen atoms in total. The molecule has 128 valence electrons. The van der Waals surface area contributed by atoms with E-state index in [0.29, 0.717) is 11.1 Å². The number of carbonyl (C=O) groups excluding carboxylic acids is 1. The quantitative estimate of drug-likeness (QED) is 0.510. The van der Waals surface area contributed by atoms with Gasteiger partial charge in [-0.05, 0) is 35.6 Å². The summed E-state index contributed by atoms with van der Waals surface area (Å²) in [6.07, 6.45) is -0.209. The Hall–Kier alpha value is -3.37. The highest BCUT2D eigenvalue weighted by Gasteiger charge is 2.31. The number of hydrogen-bond donors (Lipinski definition) is 0. The third-order valence-corrected chi connectivity index (χ3v) is 4.72. The number of allylic oxidation sites excluding steroid dienone is 1. The molecule has 0 aromatic heterocycles. The van der Waals surface area contributed by atoms with Gasteiger partial charge in [-0.25, -0.2) is 4.79 Å². The minimum absolute atomic E-state index is 0.0391. The number of rotatable bonds is 3. The number of carbonyl (C=O) groups is 1. The van der Waals surface area contributed by atoms with Crippen LogP contribution in [0.4, 0.5) is 0 Å². The molecule has 1 aliphatic carbocycles. The lowest BCUT2D eigenvalue weighted by atomic mass is 9.97. The lowest BCUT2D eigenvalue weighted by Crippen LogP contribution is -2.20. The van der Waals surface area contributed by atoms with E-state index in [1.807, 2.05) is 63.2 Å². The van der Waals surface area contributed by atoms with E-state index in [4.69, 9.17) is 4.74 Å². The fourth-order valence-electron chi connectivity index (χ4n) is 3.06. The molecule has 1 atom stereocenters. The number of benzene rings is 2. The van der Waals surface area contributed by atoms with Crippen LogP contribution in [0.25, 0.3) is 16.7 Å². The monoisotopic (exact) mass is 342 g/mol. The highest BCUT2D eigenvalue weighted by Crippen LogP contribution is 2.47. The molecule has 0 N–H and O–H groups in total. The minimum Gasteiger partial charge on any atom is -0.459 e. The van der Waals surface area contributed by atoms with Crippen LogP contribution in [0.1, 0.15) is 42.3 Å². The molecule has 1 unspecified atom stereocenters. The van der Waals surface area contributed by atoms with E-state index in [9.17, 15) is 15.3 Å². The second kappa shape index (κ2) is 6.86. The molecule has 0 saturated carbocycles. The standard InChI is InChI=1S/C22H18N2O2/c1-13(2)14(3)26-22(25)19-10-6-9-18-20(15(11-23)12-24)16-7-4-5-8-17(16)21(18)19/h4-10,13-14H,1-3H3. The molecular formula is C22H18N2O2.